The molecule has 0 saturated heterocycles. The highest BCUT2D eigenvalue weighted by Gasteiger charge is 2.23. The molecule has 2 nitrogen and oxygen atoms in total. The molecule has 2 heteroatoms. The van der Waals surface area contributed by atoms with Gasteiger partial charge >= 0.3 is 0 Å². The predicted molar refractivity (Wildman–Crippen MR) is 73.1 cm³/mol. The molecule has 0 heterocycles. The lowest BCUT2D eigenvalue weighted by atomic mass is 9.86. The number of ether oxygens (including phenoxy) is 1. The molecule has 0 radical (unpaired) electrons. The Balaban J connectivity index is 1.90. The minimum absolute atomic E-state index is 0.173. The Labute approximate surface area is 109 Å². The Hall–Kier alpha value is -1.31. The Morgan fingerprint density at radius 2 is 1.83 bits per heavy atom. The molecular formula is C16H22O2. The summed E-state index contributed by atoms with van der Waals surface area (Å²) in [5.41, 5.74) is 0.436. The van der Waals surface area contributed by atoms with Gasteiger partial charge in [0.1, 0.15) is 5.75 Å². The average molecular weight is 246 g/mol. The summed E-state index contributed by atoms with van der Waals surface area (Å²) in [5, 5.41) is 0. The number of hydrogen-bond donors (Lipinski definition) is 0. The summed E-state index contributed by atoms with van der Waals surface area (Å²) < 4.78 is 5.67. The highest BCUT2D eigenvalue weighted by Crippen LogP contribution is 2.32. The van der Waals surface area contributed by atoms with Crippen molar-refractivity contribution in [2.75, 3.05) is 6.61 Å². The first kappa shape index (κ1) is 13.1. The van der Waals surface area contributed by atoms with E-state index in [1.807, 2.05) is 45.0 Å². The zero-order chi connectivity index (χ0) is 13.2. The van der Waals surface area contributed by atoms with Gasteiger partial charge in [0.15, 0.2) is 5.78 Å². The Morgan fingerprint density at radius 3 is 2.33 bits per heavy atom. The Kier molecular flexibility index (Phi) is 3.74. The van der Waals surface area contributed by atoms with Crippen LogP contribution in [0.5, 0.6) is 5.75 Å². The first-order valence-electron chi connectivity index (χ1n) is 6.74. The van der Waals surface area contributed by atoms with Crippen molar-refractivity contribution >= 4 is 5.78 Å². The zero-order valence-electron chi connectivity index (χ0n) is 11.5. The number of hydrogen-bond acceptors (Lipinski definition) is 2. The van der Waals surface area contributed by atoms with Crippen molar-refractivity contribution in [3.63, 3.8) is 0 Å². The van der Waals surface area contributed by atoms with Gasteiger partial charge in [-0.15, -0.1) is 0 Å². The van der Waals surface area contributed by atoms with Crippen LogP contribution >= 0.6 is 0 Å². The van der Waals surface area contributed by atoms with Crippen LogP contribution in [0.3, 0.4) is 0 Å². The summed E-state index contributed by atoms with van der Waals surface area (Å²) in [5.74, 6) is 1.93. The smallest absolute Gasteiger partial charge is 0.168 e. The molecule has 0 atom stereocenters. The van der Waals surface area contributed by atoms with E-state index in [9.17, 15) is 4.79 Å². The van der Waals surface area contributed by atoms with E-state index in [0.717, 1.165) is 30.3 Å². The van der Waals surface area contributed by atoms with E-state index >= 15 is 0 Å². The maximum Gasteiger partial charge on any atom is 0.168 e. The second kappa shape index (κ2) is 5.13. The third-order valence-corrected chi connectivity index (χ3v) is 3.29. The second-order valence-corrected chi connectivity index (χ2v) is 6.18. The van der Waals surface area contributed by atoms with Gasteiger partial charge in [0, 0.05) is 11.0 Å². The summed E-state index contributed by atoms with van der Waals surface area (Å²) in [6, 6.07) is 7.51. The largest absolute Gasteiger partial charge is 0.494 e. The molecule has 1 saturated carbocycles. The SMILES string of the molecule is CC(C)(C)C(=O)c1ccc(OCCC2CC2)cc1. The van der Waals surface area contributed by atoms with Gasteiger partial charge in [-0.25, -0.2) is 0 Å². The molecule has 1 fully saturated rings. The summed E-state index contributed by atoms with van der Waals surface area (Å²) in [7, 11) is 0. The molecule has 1 aliphatic rings. The molecule has 0 aliphatic heterocycles. The maximum absolute atomic E-state index is 12.0. The average Bonchev–Trinajstić information content (AvgIpc) is 3.12. The van der Waals surface area contributed by atoms with Crippen LogP contribution in [-0.4, -0.2) is 12.4 Å². The minimum atomic E-state index is -0.325. The van der Waals surface area contributed by atoms with Crippen LogP contribution in [0.15, 0.2) is 24.3 Å². The number of carbonyl (C=O) groups excluding carboxylic acids is 1. The van der Waals surface area contributed by atoms with E-state index in [1.54, 1.807) is 0 Å². The minimum Gasteiger partial charge on any atom is -0.494 e. The standard InChI is InChI=1S/C16H22O2/c1-16(2,3)15(17)13-6-8-14(9-7-13)18-11-10-12-4-5-12/h6-9,12H,4-5,10-11H2,1-3H3. The van der Waals surface area contributed by atoms with Gasteiger partial charge < -0.3 is 4.74 Å². The van der Waals surface area contributed by atoms with E-state index in [4.69, 9.17) is 4.74 Å². The number of rotatable bonds is 5. The van der Waals surface area contributed by atoms with Crippen LogP contribution < -0.4 is 4.74 Å². The molecule has 1 aromatic carbocycles. The highest BCUT2D eigenvalue weighted by atomic mass is 16.5. The van der Waals surface area contributed by atoms with E-state index in [-0.39, 0.29) is 11.2 Å². The molecule has 1 aromatic rings. The molecule has 0 spiro atoms. The maximum atomic E-state index is 12.0. The molecule has 0 aromatic heterocycles. The van der Waals surface area contributed by atoms with Gasteiger partial charge in [0.05, 0.1) is 6.61 Å². The molecule has 2 rings (SSSR count). The summed E-state index contributed by atoms with van der Waals surface area (Å²) in [6.45, 7) is 6.61. The summed E-state index contributed by atoms with van der Waals surface area (Å²) in [6.07, 6.45) is 3.88. The fourth-order valence-corrected chi connectivity index (χ4v) is 1.89. The van der Waals surface area contributed by atoms with Gasteiger partial charge in [-0.3, -0.25) is 4.79 Å². The van der Waals surface area contributed by atoms with Crippen molar-refractivity contribution in [2.24, 2.45) is 11.3 Å². The monoisotopic (exact) mass is 246 g/mol. The lowest BCUT2D eigenvalue weighted by Crippen LogP contribution is -2.19. The zero-order valence-corrected chi connectivity index (χ0v) is 11.5. The van der Waals surface area contributed by atoms with Crippen LogP contribution in [0.4, 0.5) is 0 Å². The van der Waals surface area contributed by atoms with Crippen LogP contribution in [0.2, 0.25) is 0 Å². The van der Waals surface area contributed by atoms with Crippen LogP contribution in [0.1, 0.15) is 50.4 Å². The van der Waals surface area contributed by atoms with Gasteiger partial charge in [-0.1, -0.05) is 33.6 Å². The fourth-order valence-electron chi connectivity index (χ4n) is 1.89. The van der Waals surface area contributed by atoms with E-state index in [2.05, 4.69) is 0 Å². The number of ketones is 1. The van der Waals surface area contributed by atoms with Crippen LogP contribution in [-0.2, 0) is 0 Å². The first-order chi connectivity index (χ1) is 8.47. The highest BCUT2D eigenvalue weighted by molar-refractivity contribution is 5.99. The van der Waals surface area contributed by atoms with Crippen molar-refractivity contribution in [1.82, 2.24) is 0 Å². The Morgan fingerprint density at radius 1 is 1.22 bits per heavy atom. The van der Waals surface area contributed by atoms with Crippen molar-refractivity contribution in [3.8, 4) is 5.75 Å². The number of carbonyl (C=O) groups is 1. The van der Waals surface area contributed by atoms with Crippen LogP contribution in [0.25, 0.3) is 0 Å². The molecular weight excluding hydrogens is 224 g/mol. The number of benzene rings is 1. The van der Waals surface area contributed by atoms with Gasteiger partial charge in [-0.2, -0.15) is 0 Å². The molecule has 98 valence electrons. The van der Waals surface area contributed by atoms with Crippen LogP contribution in [0, 0.1) is 11.3 Å². The van der Waals surface area contributed by atoms with Crippen molar-refractivity contribution in [3.05, 3.63) is 29.8 Å². The number of Topliss-reactive ketones (excluding diaryl/α,β-unsaturated/α-hetero) is 1. The molecule has 0 unspecified atom stereocenters. The Bertz CT molecular complexity index is 408. The van der Waals surface area contributed by atoms with Gasteiger partial charge in [0.25, 0.3) is 0 Å². The third-order valence-electron chi connectivity index (χ3n) is 3.29. The normalized spacial score (nSPS) is 15.5. The quantitative estimate of drug-likeness (QED) is 0.731. The molecule has 0 amide bonds. The first-order valence-corrected chi connectivity index (χ1v) is 6.74. The third kappa shape index (κ3) is 3.59. The fraction of sp³-hybridized carbons (Fsp3) is 0.562. The topological polar surface area (TPSA) is 26.3 Å². The van der Waals surface area contributed by atoms with E-state index in [0.29, 0.717) is 0 Å². The predicted octanol–water partition coefficient (Wildman–Crippen LogP) is 4.09. The van der Waals surface area contributed by atoms with Crippen molar-refractivity contribution in [1.29, 1.82) is 0 Å². The molecule has 0 bridgehead atoms. The molecule has 18 heavy (non-hydrogen) atoms. The van der Waals surface area contributed by atoms with Gasteiger partial charge in [0.2, 0.25) is 0 Å². The molecule has 1 aliphatic carbocycles. The molecule has 0 N–H and O–H groups in total. The van der Waals surface area contributed by atoms with E-state index < -0.39 is 0 Å². The summed E-state index contributed by atoms with van der Waals surface area (Å²) >= 11 is 0. The lowest BCUT2D eigenvalue weighted by Gasteiger charge is -2.16. The summed E-state index contributed by atoms with van der Waals surface area (Å²) in [4.78, 5) is 12.0. The van der Waals surface area contributed by atoms with Crippen molar-refractivity contribution in [2.45, 2.75) is 40.0 Å². The van der Waals surface area contributed by atoms with E-state index in [1.165, 1.54) is 12.8 Å². The lowest BCUT2D eigenvalue weighted by molar-refractivity contribution is 0.0858. The van der Waals surface area contributed by atoms with Gasteiger partial charge in [-0.05, 0) is 36.6 Å². The van der Waals surface area contributed by atoms with Crippen molar-refractivity contribution < 1.29 is 9.53 Å². The second-order valence-electron chi connectivity index (χ2n) is 6.18.